The summed E-state index contributed by atoms with van der Waals surface area (Å²) in [7, 11) is 0. The quantitative estimate of drug-likeness (QED) is 0.859. The first-order valence-electron chi connectivity index (χ1n) is 6.44. The zero-order valence-electron chi connectivity index (χ0n) is 10.6. The van der Waals surface area contributed by atoms with Gasteiger partial charge in [0, 0.05) is 6.54 Å². The summed E-state index contributed by atoms with van der Waals surface area (Å²) in [6, 6.07) is 1.78. The molecule has 4 heterocycles. The van der Waals surface area contributed by atoms with Gasteiger partial charge in [0.15, 0.2) is 5.69 Å². The molecule has 0 bridgehead atoms. The minimum Gasteiger partial charge on any atom is -0.364 e. The highest BCUT2D eigenvalue weighted by atomic mass is 32.1. The first-order valence-corrected chi connectivity index (χ1v) is 7.32. The third kappa shape index (κ3) is 1.35. The zero-order valence-corrected chi connectivity index (χ0v) is 11.4. The van der Waals surface area contributed by atoms with Crippen molar-refractivity contribution in [2.24, 2.45) is 5.73 Å². The lowest BCUT2D eigenvalue weighted by Crippen LogP contribution is -2.30. The van der Waals surface area contributed by atoms with E-state index in [2.05, 4.69) is 4.98 Å². The van der Waals surface area contributed by atoms with Gasteiger partial charge in [0.2, 0.25) is 0 Å². The lowest BCUT2D eigenvalue weighted by Gasteiger charge is -2.22. The van der Waals surface area contributed by atoms with Gasteiger partial charge in [0.25, 0.3) is 11.8 Å². The summed E-state index contributed by atoms with van der Waals surface area (Å²) < 4.78 is 1.85. The Morgan fingerprint density at radius 3 is 3.15 bits per heavy atom. The lowest BCUT2D eigenvalue weighted by molar-refractivity contribution is 0.0740. The first-order chi connectivity index (χ1) is 9.68. The van der Waals surface area contributed by atoms with Gasteiger partial charge in [-0.3, -0.25) is 14.2 Å². The fourth-order valence-corrected chi connectivity index (χ4v) is 3.97. The Balaban J connectivity index is 2.04. The minimum atomic E-state index is -0.545. The van der Waals surface area contributed by atoms with Gasteiger partial charge in [0.1, 0.15) is 11.2 Å². The number of amides is 2. The Labute approximate surface area is 118 Å². The summed E-state index contributed by atoms with van der Waals surface area (Å²) in [5.74, 6) is -0.506. The summed E-state index contributed by atoms with van der Waals surface area (Å²) in [5.41, 5.74) is 7.25. The summed E-state index contributed by atoms with van der Waals surface area (Å²) in [5, 5.41) is 1.88. The van der Waals surface area contributed by atoms with Crippen molar-refractivity contribution >= 4 is 23.2 Å². The summed E-state index contributed by atoms with van der Waals surface area (Å²) >= 11 is 1.42. The van der Waals surface area contributed by atoms with Crippen LogP contribution in [-0.2, 0) is 0 Å². The number of imidazole rings is 1. The second kappa shape index (κ2) is 3.92. The number of fused-ring (bicyclic) bond motifs is 5. The van der Waals surface area contributed by atoms with Crippen LogP contribution in [-0.4, -0.2) is 32.8 Å². The highest BCUT2D eigenvalue weighted by Gasteiger charge is 2.40. The number of nitrogens with two attached hydrogens (primary N) is 1. The molecule has 102 valence electrons. The molecule has 1 unspecified atom stereocenters. The fourth-order valence-electron chi connectivity index (χ4n) is 3.13. The zero-order chi connectivity index (χ0) is 13.9. The molecule has 0 saturated carbocycles. The SMILES string of the molecule is NC(=O)c1ncn2c1C1CCCN1C(=O)c1sccc1-2. The van der Waals surface area contributed by atoms with E-state index in [9.17, 15) is 9.59 Å². The standard InChI is InChI=1S/C13H12N4O2S/c14-12(18)9-10-7-2-1-4-16(7)13(19)11-8(3-5-20-11)17(10)6-15-9/h3,5-7H,1-2,4H2,(H2,14,18). The van der Waals surface area contributed by atoms with Crippen molar-refractivity contribution in [1.29, 1.82) is 0 Å². The molecule has 0 radical (unpaired) electrons. The molecule has 2 aliphatic rings. The van der Waals surface area contributed by atoms with Crippen LogP contribution in [0, 0.1) is 0 Å². The summed E-state index contributed by atoms with van der Waals surface area (Å²) in [4.78, 5) is 30.9. The van der Waals surface area contributed by atoms with Crippen molar-refractivity contribution in [3.05, 3.63) is 34.0 Å². The second-order valence-electron chi connectivity index (χ2n) is 5.00. The van der Waals surface area contributed by atoms with Crippen molar-refractivity contribution < 1.29 is 9.59 Å². The molecule has 20 heavy (non-hydrogen) atoms. The predicted molar refractivity (Wildman–Crippen MR) is 73.0 cm³/mol. The third-order valence-corrected chi connectivity index (χ3v) is 4.86. The molecule has 2 aliphatic heterocycles. The van der Waals surface area contributed by atoms with E-state index >= 15 is 0 Å². The average molecular weight is 288 g/mol. The molecule has 6 nitrogen and oxygen atoms in total. The molecular weight excluding hydrogens is 276 g/mol. The molecular formula is C13H12N4O2S. The summed E-state index contributed by atoms with van der Waals surface area (Å²) in [6.07, 6.45) is 3.36. The Morgan fingerprint density at radius 1 is 1.50 bits per heavy atom. The van der Waals surface area contributed by atoms with Gasteiger partial charge in [-0.25, -0.2) is 4.98 Å². The normalized spacial score (nSPS) is 20.3. The first kappa shape index (κ1) is 11.7. The topological polar surface area (TPSA) is 81.2 Å². The highest BCUT2D eigenvalue weighted by Crippen LogP contribution is 2.40. The van der Waals surface area contributed by atoms with Crippen LogP contribution in [0.1, 0.15) is 44.7 Å². The van der Waals surface area contributed by atoms with Crippen molar-refractivity contribution in [3.8, 4) is 5.69 Å². The van der Waals surface area contributed by atoms with Gasteiger partial charge < -0.3 is 10.6 Å². The number of rotatable bonds is 1. The molecule has 2 N–H and O–H groups in total. The van der Waals surface area contributed by atoms with E-state index in [1.165, 1.54) is 11.3 Å². The molecule has 0 aromatic carbocycles. The third-order valence-electron chi connectivity index (χ3n) is 3.97. The molecule has 2 aromatic rings. The Hall–Kier alpha value is -2.15. The number of hydrogen-bond acceptors (Lipinski definition) is 4. The molecule has 2 amide bonds. The molecule has 1 saturated heterocycles. The van der Waals surface area contributed by atoms with Crippen molar-refractivity contribution in [2.75, 3.05) is 6.54 Å². The van der Waals surface area contributed by atoms with E-state index in [1.54, 1.807) is 6.33 Å². The van der Waals surface area contributed by atoms with Crippen LogP contribution in [0.25, 0.3) is 5.69 Å². The second-order valence-corrected chi connectivity index (χ2v) is 5.92. The molecule has 0 spiro atoms. The molecule has 0 aliphatic carbocycles. The van der Waals surface area contributed by atoms with Crippen LogP contribution in [0.5, 0.6) is 0 Å². The van der Waals surface area contributed by atoms with Crippen molar-refractivity contribution in [3.63, 3.8) is 0 Å². The maximum absolute atomic E-state index is 12.6. The van der Waals surface area contributed by atoms with Gasteiger partial charge in [-0.05, 0) is 24.3 Å². The highest BCUT2D eigenvalue weighted by molar-refractivity contribution is 7.12. The monoisotopic (exact) mass is 288 g/mol. The van der Waals surface area contributed by atoms with Crippen LogP contribution < -0.4 is 5.73 Å². The summed E-state index contributed by atoms with van der Waals surface area (Å²) in [6.45, 7) is 0.713. The van der Waals surface area contributed by atoms with Gasteiger partial charge in [-0.2, -0.15) is 0 Å². The van der Waals surface area contributed by atoms with Gasteiger partial charge in [-0.1, -0.05) is 0 Å². The minimum absolute atomic E-state index is 0.0385. The predicted octanol–water partition coefficient (Wildman–Crippen LogP) is 1.32. The molecule has 4 rings (SSSR count). The number of aromatic nitrogens is 2. The Kier molecular flexibility index (Phi) is 2.29. The number of carbonyl (C=O) groups excluding carboxylic acids is 2. The molecule has 1 fully saturated rings. The van der Waals surface area contributed by atoms with Crippen LogP contribution in [0.3, 0.4) is 0 Å². The van der Waals surface area contributed by atoms with Crippen molar-refractivity contribution in [1.82, 2.24) is 14.5 Å². The largest absolute Gasteiger partial charge is 0.364 e. The number of primary amides is 1. The number of hydrogen-bond donors (Lipinski definition) is 1. The van der Waals surface area contributed by atoms with Crippen LogP contribution in [0.4, 0.5) is 0 Å². The van der Waals surface area contributed by atoms with Crippen molar-refractivity contribution in [2.45, 2.75) is 18.9 Å². The average Bonchev–Trinajstić information content (AvgIpc) is 3.14. The van der Waals surface area contributed by atoms with Gasteiger partial charge >= 0.3 is 0 Å². The molecule has 1 atom stereocenters. The molecule has 7 heteroatoms. The maximum atomic E-state index is 12.6. The number of nitrogens with zero attached hydrogens (tertiary/aromatic N) is 3. The molecule has 2 aromatic heterocycles. The van der Waals surface area contributed by atoms with Gasteiger partial charge in [-0.15, -0.1) is 11.3 Å². The van der Waals surface area contributed by atoms with Crippen LogP contribution in [0.15, 0.2) is 17.8 Å². The fraction of sp³-hybridized carbons (Fsp3) is 0.308. The van der Waals surface area contributed by atoms with E-state index in [1.807, 2.05) is 20.9 Å². The smallest absolute Gasteiger partial charge is 0.269 e. The van der Waals surface area contributed by atoms with E-state index < -0.39 is 5.91 Å². The van der Waals surface area contributed by atoms with Crippen LogP contribution in [0.2, 0.25) is 0 Å². The van der Waals surface area contributed by atoms with Gasteiger partial charge in [0.05, 0.1) is 17.4 Å². The number of thiophene rings is 1. The lowest BCUT2D eigenvalue weighted by atomic mass is 10.1. The van der Waals surface area contributed by atoms with E-state index in [0.717, 1.165) is 24.2 Å². The number of carbonyl (C=O) groups is 2. The van der Waals surface area contributed by atoms with Crippen LogP contribution >= 0.6 is 11.3 Å². The van der Waals surface area contributed by atoms with E-state index in [4.69, 9.17) is 5.73 Å². The maximum Gasteiger partial charge on any atom is 0.269 e. The van der Waals surface area contributed by atoms with E-state index in [0.29, 0.717) is 11.4 Å². The van der Waals surface area contributed by atoms with E-state index in [-0.39, 0.29) is 17.6 Å². The Bertz CT molecular complexity index is 733. The Morgan fingerprint density at radius 2 is 2.35 bits per heavy atom.